The van der Waals surface area contributed by atoms with Crippen LogP contribution >= 0.6 is 0 Å². The summed E-state index contributed by atoms with van der Waals surface area (Å²) in [6.07, 6.45) is 0.348. The number of benzene rings is 2. The first-order valence-corrected chi connectivity index (χ1v) is 15.9. The van der Waals surface area contributed by atoms with Crippen molar-refractivity contribution in [1.82, 2.24) is 4.90 Å². The smallest absolute Gasteiger partial charge is 0.338 e. The molecule has 0 aliphatic carbocycles. The third-order valence-electron chi connectivity index (χ3n) is 7.13. The van der Waals surface area contributed by atoms with Gasteiger partial charge in [-0.15, -0.1) is 0 Å². The van der Waals surface area contributed by atoms with E-state index in [1.807, 2.05) is 25.1 Å². The predicted molar refractivity (Wildman–Crippen MR) is 135 cm³/mol. The lowest BCUT2D eigenvalue weighted by Gasteiger charge is -2.38. The Hall–Kier alpha value is -2.42. The second kappa shape index (κ2) is 8.66. The summed E-state index contributed by atoms with van der Waals surface area (Å²) in [5.41, 5.74) is 1.91. The molecule has 2 unspecified atom stereocenters. The van der Waals surface area contributed by atoms with E-state index in [2.05, 4.69) is 33.9 Å². The van der Waals surface area contributed by atoms with Gasteiger partial charge in [-0.2, -0.15) is 8.42 Å². The molecule has 182 valence electrons. The maximum Gasteiger partial charge on any atom is 0.338 e. The maximum atomic E-state index is 13.5. The van der Waals surface area contributed by atoms with Gasteiger partial charge in [0.15, 0.2) is 14.1 Å². The van der Waals surface area contributed by atoms with Crippen molar-refractivity contribution < 1.29 is 21.8 Å². The fourth-order valence-corrected chi connectivity index (χ4v) is 6.56. The van der Waals surface area contributed by atoms with E-state index in [9.17, 15) is 13.2 Å². The van der Waals surface area contributed by atoms with Crippen LogP contribution in [0.4, 0.5) is 0 Å². The summed E-state index contributed by atoms with van der Waals surface area (Å²) in [6, 6.07) is 15.2. The van der Waals surface area contributed by atoms with Crippen molar-refractivity contribution in [3.05, 3.63) is 71.5 Å². The minimum atomic E-state index is -4.11. The molecule has 2 aromatic carbocycles. The average Bonchev–Trinajstić information content (AvgIpc) is 3.25. The standard InChI is InChI=1S/C26H33NO5SSi/c1-18-12-14-21(15-13-18)33(29,30)31-24-22-16-20(32-34(5,6)26(2,3)4)17-27(22)25(28)23(24)19-10-8-7-9-11-19/h7-15,20,22H,16-17H2,1-6H3. The molecule has 1 amide bonds. The molecule has 1 saturated heterocycles. The molecule has 0 radical (unpaired) electrons. The third-order valence-corrected chi connectivity index (χ3v) is 12.9. The lowest BCUT2D eigenvalue weighted by Crippen LogP contribution is -2.44. The number of amides is 1. The minimum Gasteiger partial charge on any atom is -0.412 e. The normalized spacial score (nSPS) is 21.2. The number of carbonyl (C=O) groups excluding carboxylic acids is 1. The Balaban J connectivity index is 1.70. The summed E-state index contributed by atoms with van der Waals surface area (Å²) in [5, 5.41) is 0.0309. The molecule has 2 atom stereocenters. The second-order valence-electron chi connectivity index (χ2n) is 10.7. The molecule has 2 aromatic rings. The van der Waals surface area contributed by atoms with Crippen molar-refractivity contribution >= 4 is 29.9 Å². The maximum absolute atomic E-state index is 13.5. The molecule has 4 rings (SSSR count). The van der Waals surface area contributed by atoms with E-state index < -0.39 is 24.5 Å². The van der Waals surface area contributed by atoms with Gasteiger partial charge >= 0.3 is 10.1 Å². The van der Waals surface area contributed by atoms with Gasteiger partial charge in [-0.05, 0) is 42.8 Å². The van der Waals surface area contributed by atoms with Gasteiger partial charge in [-0.3, -0.25) is 4.79 Å². The van der Waals surface area contributed by atoms with Crippen molar-refractivity contribution in [3.63, 3.8) is 0 Å². The Morgan fingerprint density at radius 2 is 1.62 bits per heavy atom. The summed E-state index contributed by atoms with van der Waals surface area (Å²) < 4.78 is 38.8. The largest absolute Gasteiger partial charge is 0.412 e. The van der Waals surface area contributed by atoms with Crippen LogP contribution in [0.2, 0.25) is 18.1 Å². The molecule has 0 bridgehead atoms. The summed E-state index contributed by atoms with van der Waals surface area (Å²) in [6.45, 7) is 13.2. The summed E-state index contributed by atoms with van der Waals surface area (Å²) in [5.74, 6) is -0.0234. The highest BCUT2D eigenvalue weighted by atomic mass is 32.2. The number of aryl methyl sites for hydroxylation is 1. The lowest BCUT2D eigenvalue weighted by atomic mass is 10.0. The van der Waals surface area contributed by atoms with E-state index in [0.717, 1.165) is 5.56 Å². The van der Waals surface area contributed by atoms with E-state index >= 15 is 0 Å². The average molecular weight is 500 g/mol. The highest BCUT2D eigenvalue weighted by Crippen LogP contribution is 2.44. The Labute approximate surface area is 203 Å². The van der Waals surface area contributed by atoms with Crippen LogP contribution in [0.5, 0.6) is 0 Å². The van der Waals surface area contributed by atoms with Gasteiger partial charge in [0.2, 0.25) is 0 Å². The van der Waals surface area contributed by atoms with Gasteiger partial charge < -0.3 is 13.5 Å². The molecular weight excluding hydrogens is 466 g/mol. The molecule has 0 aromatic heterocycles. The number of hydrogen-bond donors (Lipinski definition) is 0. The fourth-order valence-electron chi connectivity index (χ4n) is 4.20. The van der Waals surface area contributed by atoms with E-state index in [0.29, 0.717) is 24.1 Å². The molecule has 6 nitrogen and oxygen atoms in total. The van der Waals surface area contributed by atoms with Crippen molar-refractivity contribution in [1.29, 1.82) is 0 Å². The minimum absolute atomic E-state index is 0.0309. The van der Waals surface area contributed by atoms with Crippen LogP contribution in [-0.4, -0.2) is 46.2 Å². The molecule has 8 heteroatoms. The SMILES string of the molecule is Cc1ccc(S(=O)(=O)OC2=C(c3ccccc3)C(=O)N3CC(O[Si](C)(C)C(C)(C)C)CC23)cc1. The molecule has 2 aliphatic rings. The zero-order valence-corrected chi connectivity index (χ0v) is 22.5. The quantitative estimate of drug-likeness (QED) is 0.408. The zero-order chi connectivity index (χ0) is 24.9. The van der Waals surface area contributed by atoms with Gasteiger partial charge in [0.25, 0.3) is 5.91 Å². The first kappa shape index (κ1) is 24.7. The number of hydrogen-bond acceptors (Lipinski definition) is 5. The molecule has 2 heterocycles. The van der Waals surface area contributed by atoms with Crippen LogP contribution in [0.1, 0.15) is 38.3 Å². The first-order chi connectivity index (χ1) is 15.8. The van der Waals surface area contributed by atoms with E-state index in [1.54, 1.807) is 29.2 Å². The van der Waals surface area contributed by atoms with Crippen molar-refractivity contribution in [2.75, 3.05) is 6.54 Å². The van der Waals surface area contributed by atoms with Crippen LogP contribution in [0.25, 0.3) is 5.57 Å². The van der Waals surface area contributed by atoms with E-state index in [4.69, 9.17) is 8.61 Å². The number of nitrogens with zero attached hydrogens (tertiary/aromatic N) is 1. The van der Waals surface area contributed by atoms with E-state index in [-0.39, 0.29) is 27.7 Å². The Kier molecular flexibility index (Phi) is 6.29. The summed E-state index contributed by atoms with van der Waals surface area (Å²) >= 11 is 0. The second-order valence-corrected chi connectivity index (χ2v) is 17.0. The van der Waals surface area contributed by atoms with Crippen LogP contribution in [0.3, 0.4) is 0 Å². The summed E-state index contributed by atoms with van der Waals surface area (Å²) in [4.78, 5) is 15.3. The van der Waals surface area contributed by atoms with Crippen LogP contribution < -0.4 is 0 Å². The van der Waals surface area contributed by atoms with Gasteiger partial charge in [0, 0.05) is 13.0 Å². The van der Waals surface area contributed by atoms with Crippen molar-refractivity contribution in [2.24, 2.45) is 0 Å². The fraction of sp³-hybridized carbons (Fsp3) is 0.423. The summed E-state index contributed by atoms with van der Waals surface area (Å²) in [7, 11) is -6.17. The van der Waals surface area contributed by atoms with Crippen LogP contribution in [-0.2, 0) is 23.5 Å². The molecule has 0 spiro atoms. The van der Waals surface area contributed by atoms with Crippen LogP contribution in [0.15, 0.2) is 65.3 Å². The molecule has 0 saturated carbocycles. The van der Waals surface area contributed by atoms with E-state index in [1.165, 1.54) is 12.1 Å². The number of fused-ring (bicyclic) bond motifs is 1. The van der Waals surface area contributed by atoms with Gasteiger partial charge in [-0.1, -0.05) is 68.8 Å². The Bertz CT molecular complexity index is 1210. The first-order valence-electron chi connectivity index (χ1n) is 11.6. The lowest BCUT2D eigenvalue weighted by molar-refractivity contribution is -0.124. The zero-order valence-electron chi connectivity index (χ0n) is 20.7. The van der Waals surface area contributed by atoms with Crippen molar-refractivity contribution in [3.8, 4) is 0 Å². The number of carbonyl (C=O) groups is 1. The Morgan fingerprint density at radius 1 is 1.00 bits per heavy atom. The molecule has 0 N–H and O–H groups in total. The monoisotopic (exact) mass is 499 g/mol. The number of rotatable bonds is 6. The third kappa shape index (κ3) is 4.59. The topological polar surface area (TPSA) is 72.9 Å². The van der Waals surface area contributed by atoms with Gasteiger partial charge in [0.1, 0.15) is 4.90 Å². The van der Waals surface area contributed by atoms with Crippen molar-refractivity contribution in [2.45, 2.75) is 69.3 Å². The molecule has 34 heavy (non-hydrogen) atoms. The van der Waals surface area contributed by atoms with Gasteiger partial charge in [-0.25, -0.2) is 0 Å². The molecule has 2 aliphatic heterocycles. The Morgan fingerprint density at radius 3 is 2.21 bits per heavy atom. The highest BCUT2D eigenvalue weighted by Gasteiger charge is 2.51. The highest BCUT2D eigenvalue weighted by molar-refractivity contribution is 7.86. The van der Waals surface area contributed by atoms with Gasteiger partial charge in [0.05, 0.1) is 17.7 Å². The predicted octanol–water partition coefficient (Wildman–Crippen LogP) is 5.12. The molecule has 1 fully saturated rings. The van der Waals surface area contributed by atoms with Crippen LogP contribution in [0, 0.1) is 6.92 Å². The molecular formula is C26H33NO5SSi.